The molecule has 0 aromatic carbocycles. The van der Waals surface area contributed by atoms with E-state index in [0.29, 0.717) is 23.8 Å². The Morgan fingerprint density at radius 2 is 2.15 bits per heavy atom. The summed E-state index contributed by atoms with van der Waals surface area (Å²) < 4.78 is 0. The van der Waals surface area contributed by atoms with E-state index in [1.807, 2.05) is 4.90 Å². The monoisotopic (exact) mass is 182 g/mol. The van der Waals surface area contributed by atoms with Crippen LogP contribution in [0.15, 0.2) is 0 Å². The average molecular weight is 182 g/mol. The first-order valence-corrected chi connectivity index (χ1v) is 5.25. The highest BCUT2D eigenvalue weighted by molar-refractivity contribution is 5.82. The van der Waals surface area contributed by atoms with E-state index in [-0.39, 0.29) is 0 Å². The van der Waals surface area contributed by atoms with Crippen LogP contribution in [0, 0.1) is 11.8 Å². The summed E-state index contributed by atoms with van der Waals surface area (Å²) >= 11 is 0. The molecule has 13 heavy (non-hydrogen) atoms. The van der Waals surface area contributed by atoms with Crippen LogP contribution in [0.2, 0.25) is 0 Å². The van der Waals surface area contributed by atoms with Gasteiger partial charge in [0, 0.05) is 25.6 Å². The Hall–Kier alpha value is -0.570. The standard InChI is InChI=1S/C10H18N2O/c1-3-12(8-5-11-6-8)10(13)9-4-7(9)2/h7-9,11H,3-6H2,1-2H3. The van der Waals surface area contributed by atoms with Gasteiger partial charge in [-0.3, -0.25) is 4.79 Å². The first kappa shape index (κ1) is 9.00. The van der Waals surface area contributed by atoms with Crippen LogP contribution >= 0.6 is 0 Å². The molecule has 2 fully saturated rings. The highest BCUT2D eigenvalue weighted by atomic mass is 16.2. The Labute approximate surface area is 79.5 Å². The van der Waals surface area contributed by atoms with Crippen molar-refractivity contribution in [2.24, 2.45) is 11.8 Å². The van der Waals surface area contributed by atoms with Crippen molar-refractivity contribution in [1.29, 1.82) is 0 Å². The molecule has 0 aromatic rings. The molecule has 2 atom stereocenters. The Kier molecular flexibility index (Phi) is 2.28. The summed E-state index contributed by atoms with van der Waals surface area (Å²) in [5.74, 6) is 1.37. The topological polar surface area (TPSA) is 32.3 Å². The van der Waals surface area contributed by atoms with Gasteiger partial charge in [0.1, 0.15) is 0 Å². The van der Waals surface area contributed by atoms with Crippen LogP contribution in [0.3, 0.4) is 0 Å². The van der Waals surface area contributed by atoms with E-state index in [0.717, 1.165) is 26.1 Å². The molecule has 0 radical (unpaired) electrons. The lowest BCUT2D eigenvalue weighted by Gasteiger charge is -2.37. The third-order valence-electron chi connectivity index (χ3n) is 3.25. The molecule has 2 aliphatic rings. The maximum Gasteiger partial charge on any atom is 0.226 e. The number of rotatable bonds is 3. The van der Waals surface area contributed by atoms with Crippen LogP contribution in [0.1, 0.15) is 20.3 Å². The Bertz CT molecular complexity index is 213. The maximum absolute atomic E-state index is 11.9. The van der Waals surface area contributed by atoms with Gasteiger partial charge in [0.15, 0.2) is 0 Å². The van der Waals surface area contributed by atoms with Crippen LogP contribution in [-0.2, 0) is 4.79 Å². The van der Waals surface area contributed by atoms with E-state index in [4.69, 9.17) is 0 Å². The largest absolute Gasteiger partial charge is 0.337 e. The van der Waals surface area contributed by atoms with Crippen molar-refractivity contribution in [2.45, 2.75) is 26.3 Å². The first-order chi connectivity index (χ1) is 6.24. The van der Waals surface area contributed by atoms with E-state index in [9.17, 15) is 4.79 Å². The van der Waals surface area contributed by atoms with Crippen molar-refractivity contribution >= 4 is 5.91 Å². The summed E-state index contributed by atoms with van der Waals surface area (Å²) in [4.78, 5) is 13.9. The van der Waals surface area contributed by atoms with Gasteiger partial charge in [-0.25, -0.2) is 0 Å². The van der Waals surface area contributed by atoms with Crippen LogP contribution in [0.25, 0.3) is 0 Å². The number of carbonyl (C=O) groups excluding carboxylic acids is 1. The van der Waals surface area contributed by atoms with E-state index < -0.39 is 0 Å². The second-order valence-corrected chi connectivity index (χ2v) is 4.26. The summed E-state index contributed by atoms with van der Waals surface area (Å²) in [6.07, 6.45) is 1.11. The molecular formula is C10H18N2O. The Morgan fingerprint density at radius 1 is 1.54 bits per heavy atom. The van der Waals surface area contributed by atoms with Gasteiger partial charge in [0.05, 0.1) is 6.04 Å². The lowest BCUT2D eigenvalue weighted by molar-refractivity contribution is -0.136. The number of hydrogen-bond donors (Lipinski definition) is 1. The normalized spacial score (nSPS) is 32.5. The molecule has 1 heterocycles. The van der Waals surface area contributed by atoms with Gasteiger partial charge in [-0.2, -0.15) is 0 Å². The molecule has 3 heteroatoms. The van der Waals surface area contributed by atoms with Gasteiger partial charge in [0.2, 0.25) is 5.91 Å². The summed E-state index contributed by atoms with van der Waals surface area (Å²) in [5, 5.41) is 3.21. The molecule has 2 unspecified atom stereocenters. The molecule has 1 amide bonds. The molecule has 1 aliphatic heterocycles. The van der Waals surface area contributed by atoms with Gasteiger partial charge in [-0.15, -0.1) is 0 Å². The van der Waals surface area contributed by atoms with Crippen molar-refractivity contribution in [2.75, 3.05) is 19.6 Å². The minimum absolute atomic E-state index is 0.348. The molecule has 1 saturated carbocycles. The number of likely N-dealkylation sites (N-methyl/N-ethyl adjacent to an activating group) is 1. The quantitative estimate of drug-likeness (QED) is 0.688. The molecule has 0 aromatic heterocycles. The molecule has 1 N–H and O–H groups in total. The Morgan fingerprint density at radius 3 is 2.46 bits per heavy atom. The third kappa shape index (κ3) is 1.57. The summed E-state index contributed by atoms with van der Waals surface area (Å²) in [5.41, 5.74) is 0. The minimum Gasteiger partial charge on any atom is -0.337 e. The van der Waals surface area contributed by atoms with E-state index in [1.54, 1.807) is 0 Å². The molecular weight excluding hydrogens is 164 g/mol. The summed E-state index contributed by atoms with van der Waals surface area (Å²) in [7, 11) is 0. The summed E-state index contributed by atoms with van der Waals surface area (Å²) in [6.45, 7) is 7.08. The number of hydrogen-bond acceptors (Lipinski definition) is 2. The van der Waals surface area contributed by atoms with E-state index >= 15 is 0 Å². The highest BCUT2D eigenvalue weighted by Crippen LogP contribution is 2.39. The minimum atomic E-state index is 0.348. The van der Waals surface area contributed by atoms with Crippen LogP contribution in [0.4, 0.5) is 0 Å². The van der Waals surface area contributed by atoms with Crippen molar-refractivity contribution in [1.82, 2.24) is 10.2 Å². The number of carbonyl (C=O) groups is 1. The van der Waals surface area contributed by atoms with Crippen LogP contribution < -0.4 is 5.32 Å². The molecule has 1 saturated heterocycles. The third-order valence-corrected chi connectivity index (χ3v) is 3.25. The van der Waals surface area contributed by atoms with Gasteiger partial charge in [0.25, 0.3) is 0 Å². The smallest absolute Gasteiger partial charge is 0.226 e. The maximum atomic E-state index is 11.9. The van der Waals surface area contributed by atoms with Gasteiger partial charge in [-0.05, 0) is 19.3 Å². The lowest BCUT2D eigenvalue weighted by Crippen LogP contribution is -2.59. The van der Waals surface area contributed by atoms with Crippen molar-refractivity contribution in [3.63, 3.8) is 0 Å². The predicted molar refractivity (Wildman–Crippen MR) is 51.3 cm³/mol. The first-order valence-electron chi connectivity index (χ1n) is 5.25. The molecule has 3 nitrogen and oxygen atoms in total. The second kappa shape index (κ2) is 3.29. The highest BCUT2D eigenvalue weighted by Gasteiger charge is 2.43. The lowest BCUT2D eigenvalue weighted by atomic mass is 10.1. The molecule has 2 rings (SSSR count). The number of nitrogens with zero attached hydrogens (tertiary/aromatic N) is 1. The molecule has 0 spiro atoms. The SMILES string of the molecule is CCN(C(=O)C1CC1C)C1CNC1. The zero-order chi connectivity index (χ0) is 9.42. The predicted octanol–water partition coefficient (Wildman–Crippen LogP) is 0.463. The van der Waals surface area contributed by atoms with E-state index in [1.165, 1.54) is 0 Å². The summed E-state index contributed by atoms with van der Waals surface area (Å²) in [6, 6.07) is 0.477. The molecule has 74 valence electrons. The van der Waals surface area contributed by atoms with Crippen LogP contribution in [0.5, 0.6) is 0 Å². The number of nitrogens with one attached hydrogen (secondary N) is 1. The van der Waals surface area contributed by atoms with Crippen LogP contribution in [-0.4, -0.2) is 36.5 Å². The fraction of sp³-hybridized carbons (Fsp3) is 0.900. The van der Waals surface area contributed by atoms with Crippen molar-refractivity contribution < 1.29 is 4.79 Å². The van der Waals surface area contributed by atoms with Crippen molar-refractivity contribution in [3.8, 4) is 0 Å². The molecule has 0 bridgehead atoms. The van der Waals surface area contributed by atoms with Crippen molar-refractivity contribution in [3.05, 3.63) is 0 Å². The van der Waals surface area contributed by atoms with Gasteiger partial charge < -0.3 is 10.2 Å². The Balaban J connectivity index is 1.91. The van der Waals surface area contributed by atoms with Gasteiger partial charge in [-0.1, -0.05) is 6.92 Å². The van der Waals surface area contributed by atoms with Gasteiger partial charge >= 0.3 is 0 Å². The zero-order valence-corrected chi connectivity index (χ0v) is 8.42. The van der Waals surface area contributed by atoms with E-state index in [2.05, 4.69) is 19.2 Å². The zero-order valence-electron chi connectivity index (χ0n) is 8.42. The average Bonchev–Trinajstić information content (AvgIpc) is 2.73. The fourth-order valence-electron chi connectivity index (χ4n) is 1.97. The molecule has 1 aliphatic carbocycles. The second-order valence-electron chi connectivity index (χ2n) is 4.26. The number of amides is 1. The fourth-order valence-corrected chi connectivity index (χ4v) is 1.97.